The van der Waals surface area contributed by atoms with Gasteiger partial charge in [0.1, 0.15) is 0 Å². The Hall–Kier alpha value is -2.01. The van der Waals surface area contributed by atoms with E-state index in [2.05, 4.69) is 0 Å². The van der Waals surface area contributed by atoms with Crippen LogP contribution >= 0.6 is 0 Å². The van der Waals surface area contributed by atoms with Crippen molar-refractivity contribution in [3.05, 3.63) is 59.7 Å². The molecule has 110 valence electrons. The van der Waals surface area contributed by atoms with Crippen LogP contribution in [0.5, 0.6) is 0 Å². The van der Waals surface area contributed by atoms with Crippen LogP contribution in [-0.4, -0.2) is 14.5 Å². The number of nitrogens with zero attached hydrogens (tertiary/aromatic N) is 1. The Kier molecular flexibility index (Phi) is 3.37. The first-order valence-corrected chi connectivity index (χ1v) is 8.53. The average molecular weight is 302 g/mol. The molecule has 2 aromatic rings. The molecule has 0 amide bonds. The van der Waals surface area contributed by atoms with Gasteiger partial charge >= 0.3 is 0 Å². The molecular weight excluding hydrogens is 284 g/mol. The van der Waals surface area contributed by atoms with Gasteiger partial charge in [0.15, 0.2) is 0 Å². The summed E-state index contributed by atoms with van der Waals surface area (Å²) in [4.78, 5) is 0. The zero-order valence-corrected chi connectivity index (χ0v) is 12.7. The Balaban J connectivity index is 1.93. The number of fused-ring (bicyclic) bond motifs is 1. The van der Waals surface area contributed by atoms with E-state index < -0.39 is 10.0 Å². The van der Waals surface area contributed by atoms with Crippen LogP contribution in [0.25, 0.3) is 0 Å². The molecule has 1 aliphatic rings. The minimum Gasteiger partial charge on any atom is -0.399 e. The summed E-state index contributed by atoms with van der Waals surface area (Å²) in [7, 11) is -3.40. The lowest BCUT2D eigenvalue weighted by atomic mass is 10.1. The van der Waals surface area contributed by atoms with Crippen LogP contribution in [0.4, 0.5) is 11.4 Å². The summed E-state index contributed by atoms with van der Waals surface area (Å²) in [6, 6.07) is 14.6. The van der Waals surface area contributed by atoms with Gasteiger partial charge in [-0.2, -0.15) is 0 Å². The zero-order chi connectivity index (χ0) is 15.0. The van der Waals surface area contributed by atoms with E-state index in [0.29, 0.717) is 5.69 Å². The predicted octanol–water partition coefficient (Wildman–Crippen LogP) is 2.55. The van der Waals surface area contributed by atoms with Crippen LogP contribution in [-0.2, 0) is 22.2 Å². The van der Waals surface area contributed by atoms with Gasteiger partial charge in [-0.25, -0.2) is 8.42 Å². The molecule has 3 rings (SSSR count). The highest BCUT2D eigenvalue weighted by atomic mass is 32.2. The van der Waals surface area contributed by atoms with E-state index in [1.807, 2.05) is 31.2 Å². The highest BCUT2D eigenvalue weighted by Gasteiger charge is 2.34. The second-order valence-corrected chi connectivity index (χ2v) is 7.32. The van der Waals surface area contributed by atoms with Crippen molar-refractivity contribution in [2.45, 2.75) is 25.1 Å². The van der Waals surface area contributed by atoms with Gasteiger partial charge in [-0.3, -0.25) is 4.31 Å². The smallest absolute Gasteiger partial charge is 0.239 e. The second kappa shape index (κ2) is 5.07. The maximum atomic E-state index is 12.8. The van der Waals surface area contributed by atoms with Crippen LogP contribution in [0.15, 0.2) is 48.5 Å². The van der Waals surface area contributed by atoms with Gasteiger partial charge < -0.3 is 5.73 Å². The molecule has 2 aromatic carbocycles. The lowest BCUT2D eigenvalue weighted by Crippen LogP contribution is -2.36. The molecule has 0 saturated carbocycles. The summed E-state index contributed by atoms with van der Waals surface area (Å²) < 4.78 is 27.1. The fourth-order valence-corrected chi connectivity index (χ4v) is 4.71. The Bertz CT molecular complexity index is 754. The lowest BCUT2D eigenvalue weighted by Gasteiger charge is -2.24. The molecule has 4 nitrogen and oxygen atoms in total. The number of nitrogens with two attached hydrogens (primary N) is 1. The van der Waals surface area contributed by atoms with E-state index in [0.717, 1.165) is 23.2 Å². The standard InChI is InChI=1S/C16H18N2O2S/c1-12-10-14-4-2-3-5-16(14)18(12)21(19,20)11-13-6-8-15(17)9-7-13/h2-9,12H,10-11,17H2,1H3. The van der Waals surface area contributed by atoms with Crippen molar-refractivity contribution in [3.8, 4) is 0 Å². The number of benzene rings is 2. The fourth-order valence-electron chi connectivity index (χ4n) is 2.86. The van der Waals surface area contributed by atoms with E-state index in [1.165, 1.54) is 0 Å². The van der Waals surface area contributed by atoms with Gasteiger partial charge in [0.25, 0.3) is 0 Å². The first-order chi connectivity index (χ1) is 9.97. The quantitative estimate of drug-likeness (QED) is 0.886. The van der Waals surface area contributed by atoms with Crippen LogP contribution in [0.1, 0.15) is 18.1 Å². The van der Waals surface area contributed by atoms with E-state index in [-0.39, 0.29) is 11.8 Å². The zero-order valence-electron chi connectivity index (χ0n) is 11.9. The number of sulfonamides is 1. The maximum absolute atomic E-state index is 12.8. The molecule has 0 bridgehead atoms. The molecule has 0 aromatic heterocycles. The molecule has 1 unspecified atom stereocenters. The van der Waals surface area contributed by atoms with Crippen LogP contribution in [0.2, 0.25) is 0 Å². The highest BCUT2D eigenvalue weighted by molar-refractivity contribution is 7.92. The first kappa shape index (κ1) is 13.9. The summed E-state index contributed by atoms with van der Waals surface area (Å²) in [5.74, 6) is -0.00798. The number of hydrogen-bond acceptors (Lipinski definition) is 3. The second-order valence-electron chi connectivity index (χ2n) is 5.48. The Morgan fingerprint density at radius 1 is 1.14 bits per heavy atom. The number of rotatable bonds is 3. The van der Waals surface area contributed by atoms with Crippen molar-refractivity contribution in [2.24, 2.45) is 0 Å². The van der Waals surface area contributed by atoms with Gasteiger partial charge in [0.2, 0.25) is 10.0 Å². The van der Waals surface area contributed by atoms with Gasteiger partial charge in [-0.15, -0.1) is 0 Å². The van der Waals surface area contributed by atoms with E-state index >= 15 is 0 Å². The minimum atomic E-state index is -3.40. The summed E-state index contributed by atoms with van der Waals surface area (Å²) in [5.41, 5.74) is 8.92. The largest absolute Gasteiger partial charge is 0.399 e. The predicted molar refractivity (Wildman–Crippen MR) is 85.6 cm³/mol. The van der Waals surface area contributed by atoms with Crippen LogP contribution < -0.4 is 10.0 Å². The molecular formula is C16H18N2O2S. The van der Waals surface area contributed by atoms with E-state index in [1.54, 1.807) is 28.6 Å². The molecule has 0 fully saturated rings. The van der Waals surface area contributed by atoms with Crippen LogP contribution in [0, 0.1) is 0 Å². The van der Waals surface area contributed by atoms with Crippen molar-refractivity contribution < 1.29 is 8.42 Å². The molecule has 1 heterocycles. The van der Waals surface area contributed by atoms with Gasteiger partial charge in [0.05, 0.1) is 11.4 Å². The van der Waals surface area contributed by atoms with Crippen molar-refractivity contribution in [2.75, 3.05) is 10.0 Å². The number of para-hydroxylation sites is 1. The third-order valence-corrected chi connectivity index (χ3v) is 5.63. The molecule has 2 N–H and O–H groups in total. The van der Waals surface area contributed by atoms with Crippen molar-refractivity contribution in [1.29, 1.82) is 0 Å². The third-order valence-electron chi connectivity index (χ3n) is 3.77. The summed E-state index contributed by atoms with van der Waals surface area (Å²) in [6.45, 7) is 1.94. The highest BCUT2D eigenvalue weighted by Crippen LogP contribution is 2.35. The monoisotopic (exact) mass is 302 g/mol. The molecule has 0 saturated heterocycles. The molecule has 1 aliphatic heterocycles. The Morgan fingerprint density at radius 3 is 2.52 bits per heavy atom. The van der Waals surface area contributed by atoms with Crippen molar-refractivity contribution in [1.82, 2.24) is 0 Å². The summed E-state index contributed by atoms with van der Waals surface area (Å²) >= 11 is 0. The molecule has 0 spiro atoms. The van der Waals surface area contributed by atoms with Gasteiger partial charge in [0, 0.05) is 11.7 Å². The number of anilines is 2. The minimum absolute atomic E-state index is 0.00798. The Labute approximate surface area is 125 Å². The molecule has 1 atom stereocenters. The van der Waals surface area contributed by atoms with E-state index in [9.17, 15) is 8.42 Å². The van der Waals surface area contributed by atoms with Crippen molar-refractivity contribution >= 4 is 21.4 Å². The fraction of sp³-hybridized carbons (Fsp3) is 0.250. The molecule has 0 radical (unpaired) electrons. The van der Waals surface area contributed by atoms with E-state index in [4.69, 9.17) is 5.73 Å². The van der Waals surface area contributed by atoms with Gasteiger partial charge in [-0.05, 0) is 42.7 Å². The normalized spacial score (nSPS) is 17.8. The average Bonchev–Trinajstić information content (AvgIpc) is 2.77. The SMILES string of the molecule is CC1Cc2ccccc2N1S(=O)(=O)Cc1ccc(N)cc1. The number of hydrogen-bond donors (Lipinski definition) is 1. The molecule has 5 heteroatoms. The topological polar surface area (TPSA) is 63.4 Å². The maximum Gasteiger partial charge on any atom is 0.239 e. The summed E-state index contributed by atoms with van der Waals surface area (Å²) in [5, 5.41) is 0. The Morgan fingerprint density at radius 2 is 1.81 bits per heavy atom. The van der Waals surface area contributed by atoms with Crippen LogP contribution in [0.3, 0.4) is 0 Å². The number of nitrogen functional groups attached to an aromatic ring is 1. The third kappa shape index (κ3) is 2.61. The molecule has 0 aliphatic carbocycles. The first-order valence-electron chi connectivity index (χ1n) is 6.92. The van der Waals surface area contributed by atoms with Gasteiger partial charge in [-0.1, -0.05) is 30.3 Å². The summed E-state index contributed by atoms with van der Waals surface area (Å²) in [6.07, 6.45) is 0.761. The molecule has 21 heavy (non-hydrogen) atoms. The van der Waals surface area contributed by atoms with Crippen molar-refractivity contribution in [3.63, 3.8) is 0 Å². The lowest BCUT2D eigenvalue weighted by molar-refractivity contribution is 0.583.